The number of hydrogen-bond acceptors (Lipinski definition) is 4. The minimum atomic E-state index is -0.316. The Kier molecular flexibility index (Phi) is 7.25. The summed E-state index contributed by atoms with van der Waals surface area (Å²) < 4.78 is 0. The van der Waals surface area contributed by atoms with Crippen molar-refractivity contribution in [2.24, 2.45) is 0 Å². The number of carbonyl (C=O) groups is 3. The van der Waals surface area contributed by atoms with Crippen LogP contribution in [-0.2, 0) is 9.59 Å². The number of urea groups is 1. The van der Waals surface area contributed by atoms with Gasteiger partial charge in [0.25, 0.3) is 0 Å². The van der Waals surface area contributed by atoms with Crippen LogP contribution < -0.4 is 10.6 Å². The molecule has 2 saturated heterocycles. The standard InChI is InChI=1S/C20H29N5O3/c26-18(8-9-21-20(28)22-17-6-2-1-3-7-17)25-14-12-23(13-15-25)16-19(27)24-10-4-5-11-24/h1-3,6-7H,4-5,8-16H2,(H2,21,22,28). The van der Waals surface area contributed by atoms with Crippen molar-refractivity contribution >= 4 is 23.5 Å². The van der Waals surface area contributed by atoms with E-state index in [0.29, 0.717) is 45.0 Å². The fourth-order valence-corrected chi connectivity index (χ4v) is 3.55. The predicted octanol–water partition coefficient (Wildman–Crippen LogP) is 0.965. The maximum atomic E-state index is 12.3. The van der Waals surface area contributed by atoms with Crippen molar-refractivity contribution in [3.8, 4) is 0 Å². The summed E-state index contributed by atoms with van der Waals surface area (Å²) in [6.45, 7) is 5.18. The summed E-state index contributed by atoms with van der Waals surface area (Å²) in [7, 11) is 0. The average Bonchev–Trinajstić information content (AvgIpc) is 3.24. The first-order chi connectivity index (χ1) is 13.6. The molecule has 8 heteroatoms. The molecule has 1 aromatic rings. The zero-order valence-corrected chi connectivity index (χ0v) is 16.2. The molecule has 0 atom stereocenters. The number of amides is 4. The van der Waals surface area contributed by atoms with Gasteiger partial charge in [0.2, 0.25) is 11.8 Å². The highest BCUT2D eigenvalue weighted by Crippen LogP contribution is 2.10. The monoisotopic (exact) mass is 387 g/mol. The Morgan fingerprint density at radius 2 is 1.46 bits per heavy atom. The van der Waals surface area contributed by atoms with Crippen molar-refractivity contribution in [3.63, 3.8) is 0 Å². The van der Waals surface area contributed by atoms with E-state index in [0.717, 1.165) is 25.9 Å². The second-order valence-electron chi connectivity index (χ2n) is 7.24. The molecule has 0 saturated carbocycles. The number of nitrogens with one attached hydrogen (secondary N) is 2. The number of para-hydroxylation sites is 1. The van der Waals surface area contributed by atoms with E-state index in [4.69, 9.17) is 0 Å². The Labute approximate surface area is 165 Å². The third-order valence-electron chi connectivity index (χ3n) is 5.20. The minimum absolute atomic E-state index is 0.0329. The van der Waals surface area contributed by atoms with E-state index in [2.05, 4.69) is 15.5 Å². The molecule has 0 radical (unpaired) electrons. The van der Waals surface area contributed by atoms with E-state index in [1.165, 1.54) is 0 Å². The highest BCUT2D eigenvalue weighted by Gasteiger charge is 2.25. The summed E-state index contributed by atoms with van der Waals surface area (Å²) in [4.78, 5) is 42.3. The van der Waals surface area contributed by atoms with Gasteiger partial charge in [-0.15, -0.1) is 0 Å². The molecule has 3 rings (SSSR count). The van der Waals surface area contributed by atoms with Crippen LogP contribution in [0.5, 0.6) is 0 Å². The van der Waals surface area contributed by atoms with Gasteiger partial charge >= 0.3 is 6.03 Å². The number of piperazine rings is 1. The molecule has 2 fully saturated rings. The highest BCUT2D eigenvalue weighted by molar-refractivity contribution is 5.89. The van der Waals surface area contributed by atoms with Crippen LogP contribution in [0.3, 0.4) is 0 Å². The lowest BCUT2D eigenvalue weighted by Gasteiger charge is -2.35. The van der Waals surface area contributed by atoms with E-state index >= 15 is 0 Å². The molecule has 2 heterocycles. The minimum Gasteiger partial charge on any atom is -0.342 e. The molecule has 2 N–H and O–H groups in total. The van der Waals surface area contributed by atoms with Gasteiger partial charge in [0.15, 0.2) is 0 Å². The Bertz CT molecular complexity index is 668. The van der Waals surface area contributed by atoms with Crippen LogP contribution in [-0.4, -0.2) is 84.9 Å². The molecule has 2 aliphatic heterocycles. The van der Waals surface area contributed by atoms with E-state index in [1.54, 1.807) is 12.1 Å². The van der Waals surface area contributed by atoms with Crippen LogP contribution >= 0.6 is 0 Å². The normalized spacial score (nSPS) is 17.4. The Balaban J connectivity index is 1.30. The smallest absolute Gasteiger partial charge is 0.319 e. The van der Waals surface area contributed by atoms with Crippen LogP contribution in [0.4, 0.5) is 10.5 Å². The fourth-order valence-electron chi connectivity index (χ4n) is 3.55. The molecule has 0 spiro atoms. The highest BCUT2D eigenvalue weighted by atomic mass is 16.2. The number of rotatable bonds is 6. The van der Waals surface area contributed by atoms with Crippen LogP contribution in [0, 0.1) is 0 Å². The summed E-state index contributed by atoms with van der Waals surface area (Å²) in [5.41, 5.74) is 0.714. The molecule has 0 unspecified atom stereocenters. The van der Waals surface area contributed by atoms with Crippen molar-refractivity contribution < 1.29 is 14.4 Å². The number of anilines is 1. The van der Waals surface area contributed by atoms with Gasteiger partial charge in [-0.3, -0.25) is 14.5 Å². The van der Waals surface area contributed by atoms with E-state index in [-0.39, 0.29) is 24.3 Å². The zero-order chi connectivity index (χ0) is 19.8. The largest absolute Gasteiger partial charge is 0.342 e. The van der Waals surface area contributed by atoms with E-state index < -0.39 is 0 Å². The number of nitrogens with zero attached hydrogens (tertiary/aromatic N) is 3. The molecule has 1 aromatic carbocycles. The lowest BCUT2D eigenvalue weighted by molar-refractivity contribution is -0.134. The molecule has 4 amide bonds. The van der Waals surface area contributed by atoms with Crippen molar-refractivity contribution in [1.82, 2.24) is 20.0 Å². The van der Waals surface area contributed by atoms with Gasteiger partial charge in [-0.2, -0.15) is 0 Å². The SMILES string of the molecule is O=C(NCCC(=O)N1CCN(CC(=O)N2CCCC2)CC1)Nc1ccccc1. The van der Waals surface area contributed by atoms with Gasteiger partial charge in [0.05, 0.1) is 6.54 Å². The zero-order valence-electron chi connectivity index (χ0n) is 16.2. The second-order valence-corrected chi connectivity index (χ2v) is 7.24. The molecular formula is C20H29N5O3. The third-order valence-corrected chi connectivity index (χ3v) is 5.20. The topological polar surface area (TPSA) is 85.0 Å². The van der Waals surface area contributed by atoms with Crippen LogP contribution in [0.1, 0.15) is 19.3 Å². The predicted molar refractivity (Wildman–Crippen MR) is 107 cm³/mol. The lowest BCUT2D eigenvalue weighted by Crippen LogP contribution is -2.51. The summed E-state index contributed by atoms with van der Waals surface area (Å²) in [5.74, 6) is 0.233. The molecule has 0 aliphatic carbocycles. The number of hydrogen-bond donors (Lipinski definition) is 2. The molecule has 0 bridgehead atoms. The van der Waals surface area contributed by atoms with Gasteiger partial charge in [-0.25, -0.2) is 4.79 Å². The fraction of sp³-hybridized carbons (Fsp3) is 0.550. The number of likely N-dealkylation sites (tertiary alicyclic amines) is 1. The van der Waals surface area contributed by atoms with E-state index in [9.17, 15) is 14.4 Å². The molecule has 28 heavy (non-hydrogen) atoms. The maximum absolute atomic E-state index is 12.3. The first kappa shape index (κ1) is 20.1. The van der Waals surface area contributed by atoms with Crippen molar-refractivity contribution in [1.29, 1.82) is 0 Å². The summed E-state index contributed by atoms with van der Waals surface area (Å²) in [5, 5.41) is 5.43. The second kappa shape index (κ2) is 10.1. The van der Waals surface area contributed by atoms with Gasteiger partial charge in [0.1, 0.15) is 0 Å². The Morgan fingerprint density at radius 3 is 2.14 bits per heavy atom. The Hall–Kier alpha value is -2.61. The van der Waals surface area contributed by atoms with Crippen LogP contribution in [0.15, 0.2) is 30.3 Å². The summed E-state index contributed by atoms with van der Waals surface area (Å²) in [6, 6.07) is 8.86. The van der Waals surface area contributed by atoms with Crippen LogP contribution in [0.2, 0.25) is 0 Å². The molecule has 152 valence electrons. The van der Waals surface area contributed by atoms with Gasteiger partial charge in [0, 0.05) is 57.9 Å². The Morgan fingerprint density at radius 1 is 0.821 bits per heavy atom. The molecule has 8 nitrogen and oxygen atoms in total. The molecule has 2 aliphatic rings. The lowest BCUT2D eigenvalue weighted by atomic mass is 10.2. The van der Waals surface area contributed by atoms with Crippen molar-refractivity contribution in [2.75, 3.05) is 57.7 Å². The summed E-state index contributed by atoms with van der Waals surface area (Å²) in [6.07, 6.45) is 2.48. The quantitative estimate of drug-likeness (QED) is 0.762. The van der Waals surface area contributed by atoms with Crippen LogP contribution in [0.25, 0.3) is 0 Å². The number of benzene rings is 1. The van der Waals surface area contributed by atoms with Gasteiger partial charge in [-0.1, -0.05) is 18.2 Å². The number of carbonyl (C=O) groups excluding carboxylic acids is 3. The first-order valence-electron chi connectivity index (χ1n) is 9.99. The maximum Gasteiger partial charge on any atom is 0.319 e. The van der Waals surface area contributed by atoms with Crippen molar-refractivity contribution in [2.45, 2.75) is 19.3 Å². The molecule has 0 aromatic heterocycles. The van der Waals surface area contributed by atoms with E-state index in [1.807, 2.05) is 28.0 Å². The first-order valence-corrected chi connectivity index (χ1v) is 9.99. The molecular weight excluding hydrogens is 358 g/mol. The summed E-state index contributed by atoms with van der Waals surface area (Å²) >= 11 is 0. The van der Waals surface area contributed by atoms with Gasteiger partial charge in [-0.05, 0) is 25.0 Å². The van der Waals surface area contributed by atoms with Crippen molar-refractivity contribution in [3.05, 3.63) is 30.3 Å². The average molecular weight is 387 g/mol. The third kappa shape index (κ3) is 5.95. The van der Waals surface area contributed by atoms with Gasteiger partial charge < -0.3 is 20.4 Å².